The van der Waals surface area contributed by atoms with E-state index in [1.54, 1.807) is 0 Å². The van der Waals surface area contributed by atoms with Crippen LogP contribution in [0.4, 0.5) is 0 Å². The van der Waals surface area contributed by atoms with Gasteiger partial charge >= 0.3 is 5.97 Å². The van der Waals surface area contributed by atoms with Crippen molar-refractivity contribution in [1.82, 2.24) is 0 Å². The van der Waals surface area contributed by atoms with E-state index >= 15 is 0 Å². The zero-order valence-electron chi connectivity index (χ0n) is 15.8. The van der Waals surface area contributed by atoms with Crippen molar-refractivity contribution in [3.8, 4) is 0 Å². The van der Waals surface area contributed by atoms with E-state index in [9.17, 15) is 4.79 Å². The SMILES string of the molecule is CCOCC.O=C(OCc1ccccc1)C1CC1.OCc1ccccc1. The average molecular weight is 358 g/mol. The van der Waals surface area contributed by atoms with E-state index < -0.39 is 0 Å². The number of aliphatic hydroxyl groups excluding tert-OH is 1. The summed E-state index contributed by atoms with van der Waals surface area (Å²) in [6.07, 6.45) is 2.02. The first-order valence-corrected chi connectivity index (χ1v) is 9.14. The Bertz CT molecular complexity index is 578. The standard InChI is InChI=1S/C11H12O2.C7H8O.C4H10O/c12-11(10-6-7-10)13-8-9-4-2-1-3-5-9;8-6-7-4-2-1-3-5-7;1-3-5-4-2/h1-5,10H,6-8H2;1-5,8H,6H2;3-4H2,1-2H3. The summed E-state index contributed by atoms with van der Waals surface area (Å²) in [6.45, 7) is 6.22. The molecule has 0 heterocycles. The molecule has 26 heavy (non-hydrogen) atoms. The summed E-state index contributed by atoms with van der Waals surface area (Å²) in [5.41, 5.74) is 2.02. The first-order valence-electron chi connectivity index (χ1n) is 9.14. The molecule has 1 fully saturated rings. The fourth-order valence-corrected chi connectivity index (χ4v) is 1.95. The Balaban J connectivity index is 0.000000223. The van der Waals surface area contributed by atoms with Crippen molar-refractivity contribution in [2.24, 2.45) is 5.92 Å². The number of carbonyl (C=O) groups is 1. The van der Waals surface area contributed by atoms with E-state index in [4.69, 9.17) is 14.6 Å². The van der Waals surface area contributed by atoms with Crippen LogP contribution in [-0.4, -0.2) is 24.3 Å². The number of ether oxygens (including phenoxy) is 2. The molecule has 0 aromatic heterocycles. The van der Waals surface area contributed by atoms with Gasteiger partial charge in [0.1, 0.15) is 6.61 Å². The molecule has 4 heteroatoms. The average Bonchev–Trinajstić information content (AvgIpc) is 3.55. The highest BCUT2D eigenvalue weighted by atomic mass is 16.5. The predicted molar refractivity (Wildman–Crippen MR) is 103 cm³/mol. The maximum absolute atomic E-state index is 11.2. The van der Waals surface area contributed by atoms with Gasteiger partial charge in [-0.2, -0.15) is 0 Å². The van der Waals surface area contributed by atoms with Crippen molar-refractivity contribution in [2.75, 3.05) is 13.2 Å². The van der Waals surface area contributed by atoms with Crippen molar-refractivity contribution in [3.63, 3.8) is 0 Å². The van der Waals surface area contributed by atoms with Gasteiger partial charge < -0.3 is 14.6 Å². The van der Waals surface area contributed by atoms with Crippen molar-refractivity contribution >= 4 is 5.97 Å². The fraction of sp³-hybridized carbons (Fsp3) is 0.409. The highest BCUT2D eigenvalue weighted by Crippen LogP contribution is 2.30. The van der Waals surface area contributed by atoms with Gasteiger partial charge in [-0.1, -0.05) is 60.7 Å². The Morgan fingerprint density at radius 1 is 0.923 bits per heavy atom. The summed E-state index contributed by atoms with van der Waals surface area (Å²) < 4.78 is 9.95. The van der Waals surface area contributed by atoms with Crippen LogP contribution in [0, 0.1) is 5.92 Å². The molecule has 4 nitrogen and oxygen atoms in total. The lowest BCUT2D eigenvalue weighted by molar-refractivity contribution is -0.146. The topological polar surface area (TPSA) is 55.8 Å². The van der Waals surface area contributed by atoms with Crippen LogP contribution in [0.25, 0.3) is 0 Å². The number of benzene rings is 2. The van der Waals surface area contributed by atoms with Crippen LogP contribution in [0.2, 0.25) is 0 Å². The highest BCUT2D eigenvalue weighted by molar-refractivity contribution is 5.74. The molecule has 1 aliphatic carbocycles. The van der Waals surface area contributed by atoms with Gasteiger partial charge in [-0.05, 0) is 37.8 Å². The summed E-state index contributed by atoms with van der Waals surface area (Å²) in [7, 11) is 0. The number of aliphatic hydroxyl groups is 1. The van der Waals surface area contributed by atoms with Crippen LogP contribution in [-0.2, 0) is 27.5 Å². The molecule has 0 unspecified atom stereocenters. The second kappa shape index (κ2) is 14.0. The second-order valence-corrected chi connectivity index (χ2v) is 5.79. The molecule has 0 saturated heterocycles. The highest BCUT2D eigenvalue weighted by Gasteiger charge is 2.31. The van der Waals surface area contributed by atoms with Gasteiger partial charge in [0.25, 0.3) is 0 Å². The third-order valence-electron chi connectivity index (χ3n) is 3.57. The maximum Gasteiger partial charge on any atom is 0.309 e. The van der Waals surface area contributed by atoms with E-state index in [0.717, 1.165) is 37.2 Å². The number of rotatable bonds is 6. The van der Waals surface area contributed by atoms with Crippen LogP contribution in [0.5, 0.6) is 0 Å². The Morgan fingerprint density at radius 3 is 1.77 bits per heavy atom. The quantitative estimate of drug-likeness (QED) is 0.780. The molecule has 1 N–H and O–H groups in total. The second-order valence-electron chi connectivity index (χ2n) is 5.79. The normalized spacial score (nSPS) is 12.1. The van der Waals surface area contributed by atoms with E-state index in [1.807, 2.05) is 74.5 Å². The molecule has 1 saturated carbocycles. The smallest absolute Gasteiger partial charge is 0.309 e. The van der Waals surface area contributed by atoms with E-state index in [0.29, 0.717) is 6.61 Å². The third-order valence-corrected chi connectivity index (χ3v) is 3.57. The lowest BCUT2D eigenvalue weighted by Gasteiger charge is -2.02. The van der Waals surface area contributed by atoms with Crippen molar-refractivity contribution in [2.45, 2.75) is 39.9 Å². The molecule has 2 aromatic rings. The molecule has 0 aliphatic heterocycles. The van der Waals surface area contributed by atoms with E-state index in [2.05, 4.69) is 0 Å². The molecule has 142 valence electrons. The van der Waals surface area contributed by atoms with Gasteiger partial charge in [-0.15, -0.1) is 0 Å². The Kier molecular flexibility index (Phi) is 11.8. The summed E-state index contributed by atoms with van der Waals surface area (Å²) in [5, 5.41) is 8.54. The first-order chi connectivity index (χ1) is 12.7. The van der Waals surface area contributed by atoms with Gasteiger partial charge in [-0.25, -0.2) is 0 Å². The predicted octanol–water partition coefficient (Wildman–Crippen LogP) is 4.36. The molecule has 3 rings (SSSR count). The van der Waals surface area contributed by atoms with Crippen molar-refractivity contribution in [3.05, 3.63) is 71.8 Å². The molecule has 0 spiro atoms. The van der Waals surface area contributed by atoms with E-state index in [1.165, 1.54) is 0 Å². The summed E-state index contributed by atoms with van der Waals surface area (Å²) in [6, 6.07) is 19.3. The molecule has 0 radical (unpaired) electrons. The lowest BCUT2D eigenvalue weighted by atomic mass is 10.2. The minimum atomic E-state index is -0.0381. The largest absolute Gasteiger partial charge is 0.461 e. The monoisotopic (exact) mass is 358 g/mol. The van der Waals surface area contributed by atoms with Crippen molar-refractivity contribution < 1.29 is 19.4 Å². The van der Waals surface area contributed by atoms with Gasteiger partial charge in [0, 0.05) is 13.2 Å². The lowest BCUT2D eigenvalue weighted by Crippen LogP contribution is -2.05. The number of carbonyl (C=O) groups excluding carboxylic acids is 1. The fourth-order valence-electron chi connectivity index (χ4n) is 1.95. The third kappa shape index (κ3) is 10.6. The summed E-state index contributed by atoms with van der Waals surface area (Å²) >= 11 is 0. The van der Waals surface area contributed by atoms with Crippen LogP contribution in [0.15, 0.2) is 60.7 Å². The summed E-state index contributed by atoms with van der Waals surface area (Å²) in [4.78, 5) is 11.2. The van der Waals surface area contributed by atoms with Crippen LogP contribution in [0.1, 0.15) is 37.8 Å². The van der Waals surface area contributed by atoms with E-state index in [-0.39, 0.29) is 18.5 Å². The first kappa shape index (κ1) is 21.9. The minimum absolute atomic E-state index is 0.0381. The maximum atomic E-state index is 11.2. The molecular formula is C22H30O4. The Hall–Kier alpha value is -2.17. The molecular weight excluding hydrogens is 328 g/mol. The van der Waals surface area contributed by atoms with Crippen molar-refractivity contribution in [1.29, 1.82) is 0 Å². The Morgan fingerprint density at radius 2 is 1.42 bits per heavy atom. The molecule has 0 bridgehead atoms. The van der Waals surface area contributed by atoms with Crippen LogP contribution < -0.4 is 0 Å². The minimum Gasteiger partial charge on any atom is -0.461 e. The molecule has 1 aliphatic rings. The van der Waals surface area contributed by atoms with Gasteiger partial charge in [0.15, 0.2) is 0 Å². The van der Waals surface area contributed by atoms with Gasteiger partial charge in [0.2, 0.25) is 0 Å². The zero-order chi connectivity index (χ0) is 19.0. The molecule has 0 amide bonds. The number of esters is 1. The Labute approximate surface area is 156 Å². The zero-order valence-corrected chi connectivity index (χ0v) is 15.8. The number of hydrogen-bond donors (Lipinski definition) is 1. The van der Waals surface area contributed by atoms with Crippen LogP contribution >= 0.6 is 0 Å². The molecule has 0 atom stereocenters. The van der Waals surface area contributed by atoms with Crippen LogP contribution in [0.3, 0.4) is 0 Å². The number of hydrogen-bond acceptors (Lipinski definition) is 4. The van der Waals surface area contributed by atoms with Gasteiger partial charge in [0.05, 0.1) is 12.5 Å². The molecule has 2 aromatic carbocycles. The summed E-state index contributed by atoms with van der Waals surface area (Å²) in [5.74, 6) is 0.160. The van der Waals surface area contributed by atoms with Gasteiger partial charge in [-0.3, -0.25) is 4.79 Å².